The van der Waals surface area contributed by atoms with Crippen LogP contribution in [-0.4, -0.2) is 25.7 Å². The number of nitrogens with zero attached hydrogens (tertiary/aromatic N) is 2. The lowest BCUT2D eigenvalue weighted by Crippen LogP contribution is -2.18. The number of nitrogens with one attached hydrogen (secondary N) is 1. The van der Waals surface area contributed by atoms with Crippen LogP contribution in [0.25, 0.3) is 5.65 Å². The van der Waals surface area contributed by atoms with Gasteiger partial charge in [0.1, 0.15) is 5.56 Å². The molecule has 0 amide bonds. The summed E-state index contributed by atoms with van der Waals surface area (Å²) in [5, 5.41) is 12.9. The quantitative estimate of drug-likeness (QED) is 0.777. The van der Waals surface area contributed by atoms with E-state index >= 15 is 0 Å². The molecule has 84 valence electrons. The first-order valence-corrected chi connectivity index (χ1v) is 4.89. The molecule has 6 nitrogen and oxygen atoms in total. The van der Waals surface area contributed by atoms with E-state index in [1.807, 2.05) is 6.92 Å². The number of hydrogen-bond donors (Lipinski definition) is 2. The van der Waals surface area contributed by atoms with Crippen molar-refractivity contribution in [2.45, 2.75) is 20.3 Å². The summed E-state index contributed by atoms with van der Waals surface area (Å²) >= 11 is 0. The van der Waals surface area contributed by atoms with Gasteiger partial charge in [-0.1, -0.05) is 6.92 Å². The summed E-state index contributed by atoms with van der Waals surface area (Å²) in [6.07, 6.45) is 1.82. The van der Waals surface area contributed by atoms with Crippen LogP contribution in [0.2, 0.25) is 0 Å². The molecule has 6 heteroatoms. The predicted molar refractivity (Wildman–Crippen MR) is 56.9 cm³/mol. The topological polar surface area (TPSA) is 87.5 Å². The zero-order valence-electron chi connectivity index (χ0n) is 8.94. The molecule has 0 aliphatic carbocycles. The van der Waals surface area contributed by atoms with Crippen LogP contribution < -0.4 is 5.56 Å². The van der Waals surface area contributed by atoms with Crippen LogP contribution in [-0.2, 0) is 6.42 Å². The Balaban J connectivity index is 2.90. The van der Waals surface area contributed by atoms with Crippen molar-refractivity contribution in [3.63, 3.8) is 0 Å². The third-order valence-electron chi connectivity index (χ3n) is 2.61. The maximum atomic E-state index is 11.7. The second kappa shape index (κ2) is 3.48. The summed E-state index contributed by atoms with van der Waals surface area (Å²) in [5.41, 5.74) is 1.27. The normalized spacial score (nSPS) is 10.9. The summed E-state index contributed by atoms with van der Waals surface area (Å²) in [6.45, 7) is 3.62. The highest BCUT2D eigenvalue weighted by molar-refractivity contribution is 5.94. The van der Waals surface area contributed by atoms with Crippen LogP contribution in [0.15, 0.2) is 11.0 Å². The highest BCUT2D eigenvalue weighted by Crippen LogP contribution is 2.10. The molecule has 0 radical (unpaired) electrons. The number of carboxylic acids is 1. The molecule has 0 fully saturated rings. The van der Waals surface area contributed by atoms with Gasteiger partial charge in [-0.3, -0.25) is 4.79 Å². The number of aryl methyl sites for hydroxylation is 1. The largest absolute Gasteiger partial charge is 0.477 e. The number of aromatic amines is 1. The number of fused-ring (bicyclic) bond motifs is 1. The Kier molecular flexibility index (Phi) is 2.26. The maximum Gasteiger partial charge on any atom is 0.341 e. The van der Waals surface area contributed by atoms with Crippen molar-refractivity contribution in [1.29, 1.82) is 0 Å². The number of carboxylic acid groups (broad SMARTS) is 1. The molecule has 0 aliphatic rings. The van der Waals surface area contributed by atoms with E-state index in [4.69, 9.17) is 5.11 Å². The Labute approximate surface area is 90.5 Å². The van der Waals surface area contributed by atoms with Crippen LogP contribution in [0.4, 0.5) is 0 Å². The van der Waals surface area contributed by atoms with Gasteiger partial charge in [-0.2, -0.15) is 5.10 Å². The molecule has 0 unspecified atom stereocenters. The lowest BCUT2D eigenvalue weighted by atomic mass is 10.2. The van der Waals surface area contributed by atoms with Gasteiger partial charge in [0.15, 0.2) is 5.65 Å². The minimum atomic E-state index is -1.10. The van der Waals surface area contributed by atoms with Crippen molar-refractivity contribution in [3.8, 4) is 0 Å². The van der Waals surface area contributed by atoms with Gasteiger partial charge in [-0.15, -0.1) is 0 Å². The van der Waals surface area contributed by atoms with Crippen molar-refractivity contribution in [2.24, 2.45) is 0 Å². The van der Waals surface area contributed by atoms with Gasteiger partial charge in [-0.05, 0) is 13.3 Å². The molecule has 2 aromatic heterocycles. The van der Waals surface area contributed by atoms with Crippen LogP contribution in [0.1, 0.15) is 28.5 Å². The third kappa shape index (κ3) is 1.30. The third-order valence-corrected chi connectivity index (χ3v) is 2.61. The van der Waals surface area contributed by atoms with E-state index in [9.17, 15) is 9.59 Å². The maximum absolute atomic E-state index is 11.7. The molecular formula is C10H11N3O3. The molecule has 2 heterocycles. The first kappa shape index (κ1) is 10.4. The number of rotatable bonds is 2. The standard InChI is InChI=1S/C10H11N3O3/c1-3-6-5(2)13-8(12-9(6)14)7(4-11-13)10(15)16/h4H,3H2,1-2H3,(H,12,14)(H,15,16). The molecule has 0 spiro atoms. The molecule has 2 N–H and O–H groups in total. The second-order valence-corrected chi connectivity index (χ2v) is 3.50. The molecule has 0 saturated carbocycles. The summed E-state index contributed by atoms with van der Waals surface area (Å²) in [7, 11) is 0. The van der Waals surface area contributed by atoms with Crippen LogP contribution in [0.3, 0.4) is 0 Å². The van der Waals surface area contributed by atoms with Gasteiger partial charge >= 0.3 is 5.97 Å². The van der Waals surface area contributed by atoms with Gasteiger partial charge < -0.3 is 10.1 Å². The van der Waals surface area contributed by atoms with Crippen LogP contribution in [0, 0.1) is 6.92 Å². The number of H-pyrrole nitrogens is 1. The SMILES string of the molecule is CCc1c(C)n2ncc(C(=O)O)c2[nH]c1=O. The molecule has 0 bridgehead atoms. The fourth-order valence-electron chi connectivity index (χ4n) is 1.77. The van der Waals surface area contributed by atoms with E-state index in [1.165, 1.54) is 10.7 Å². The lowest BCUT2D eigenvalue weighted by molar-refractivity contribution is 0.0699. The van der Waals surface area contributed by atoms with Gasteiger partial charge in [0.05, 0.1) is 6.20 Å². The summed E-state index contributed by atoms with van der Waals surface area (Å²) in [6, 6.07) is 0. The second-order valence-electron chi connectivity index (χ2n) is 3.50. The average Bonchev–Trinajstić information content (AvgIpc) is 2.62. The van der Waals surface area contributed by atoms with E-state index in [0.717, 1.165) is 0 Å². The predicted octanol–water partition coefficient (Wildman–Crippen LogP) is 0.592. The Morgan fingerprint density at radius 1 is 1.62 bits per heavy atom. The van der Waals surface area contributed by atoms with Gasteiger partial charge in [0, 0.05) is 11.3 Å². The van der Waals surface area contributed by atoms with Crippen LogP contribution >= 0.6 is 0 Å². The molecule has 2 aromatic rings. The number of aromatic nitrogens is 3. The fourth-order valence-corrected chi connectivity index (χ4v) is 1.77. The highest BCUT2D eigenvalue weighted by atomic mass is 16.4. The molecular weight excluding hydrogens is 210 g/mol. The molecule has 0 saturated heterocycles. The minimum Gasteiger partial charge on any atom is -0.477 e. The van der Waals surface area contributed by atoms with Crippen LogP contribution in [0.5, 0.6) is 0 Å². The van der Waals surface area contributed by atoms with E-state index < -0.39 is 5.97 Å². The van der Waals surface area contributed by atoms with Crippen molar-refractivity contribution < 1.29 is 9.90 Å². The Hall–Kier alpha value is -2.11. The molecule has 2 rings (SSSR count). The zero-order valence-corrected chi connectivity index (χ0v) is 8.94. The Morgan fingerprint density at radius 2 is 2.31 bits per heavy atom. The number of aromatic carboxylic acids is 1. The Bertz CT molecular complexity index is 624. The molecule has 0 aliphatic heterocycles. The van der Waals surface area contributed by atoms with Gasteiger partial charge in [-0.25, -0.2) is 9.31 Å². The van der Waals surface area contributed by atoms with Crippen molar-refractivity contribution in [3.05, 3.63) is 33.4 Å². The molecule has 16 heavy (non-hydrogen) atoms. The smallest absolute Gasteiger partial charge is 0.341 e. The number of hydrogen-bond acceptors (Lipinski definition) is 3. The summed E-state index contributed by atoms with van der Waals surface area (Å²) in [5.74, 6) is -1.10. The van der Waals surface area contributed by atoms with Crippen molar-refractivity contribution >= 4 is 11.6 Å². The van der Waals surface area contributed by atoms with Gasteiger partial charge in [0.25, 0.3) is 5.56 Å². The zero-order chi connectivity index (χ0) is 11.9. The summed E-state index contributed by atoms with van der Waals surface area (Å²) < 4.78 is 1.45. The fraction of sp³-hybridized carbons (Fsp3) is 0.300. The van der Waals surface area contributed by atoms with E-state index in [-0.39, 0.29) is 16.8 Å². The first-order valence-electron chi connectivity index (χ1n) is 4.89. The minimum absolute atomic E-state index is 0.00264. The van der Waals surface area contributed by atoms with Gasteiger partial charge in [0.2, 0.25) is 0 Å². The van der Waals surface area contributed by atoms with E-state index in [2.05, 4.69) is 10.1 Å². The highest BCUT2D eigenvalue weighted by Gasteiger charge is 2.15. The first-order chi connectivity index (χ1) is 7.56. The number of carbonyl (C=O) groups is 1. The van der Waals surface area contributed by atoms with Crippen molar-refractivity contribution in [1.82, 2.24) is 14.6 Å². The van der Waals surface area contributed by atoms with E-state index in [1.54, 1.807) is 6.92 Å². The molecule has 0 aromatic carbocycles. The molecule has 0 atom stereocenters. The monoisotopic (exact) mass is 221 g/mol. The average molecular weight is 221 g/mol. The Morgan fingerprint density at radius 3 is 2.88 bits per heavy atom. The summed E-state index contributed by atoms with van der Waals surface area (Å²) in [4.78, 5) is 25.1. The lowest BCUT2D eigenvalue weighted by Gasteiger charge is -2.04. The van der Waals surface area contributed by atoms with E-state index in [0.29, 0.717) is 17.7 Å². The van der Waals surface area contributed by atoms with Crippen molar-refractivity contribution in [2.75, 3.05) is 0 Å².